The Morgan fingerprint density at radius 1 is 1.41 bits per heavy atom. The zero-order valence-electron chi connectivity index (χ0n) is 10.9. The summed E-state index contributed by atoms with van der Waals surface area (Å²) in [6.07, 6.45) is 6.60. The van der Waals surface area contributed by atoms with Gasteiger partial charge in [-0.2, -0.15) is 0 Å². The van der Waals surface area contributed by atoms with Crippen molar-refractivity contribution in [2.45, 2.75) is 57.1 Å². The Labute approximate surface area is 105 Å². The number of sulfone groups is 1. The van der Waals surface area contributed by atoms with E-state index in [2.05, 4.69) is 5.32 Å². The molecule has 17 heavy (non-hydrogen) atoms. The molecule has 0 aliphatic carbocycles. The molecule has 0 aromatic heterocycles. The first kappa shape index (κ1) is 14.9. The van der Waals surface area contributed by atoms with Crippen LogP contribution < -0.4 is 5.32 Å². The Morgan fingerprint density at radius 2 is 2.12 bits per heavy atom. The van der Waals surface area contributed by atoms with Crippen LogP contribution in [-0.2, 0) is 9.84 Å². The van der Waals surface area contributed by atoms with Gasteiger partial charge in [0, 0.05) is 18.1 Å². The lowest BCUT2D eigenvalue weighted by Gasteiger charge is -2.31. The van der Waals surface area contributed by atoms with E-state index in [0.717, 1.165) is 19.4 Å². The number of rotatable bonds is 6. The van der Waals surface area contributed by atoms with E-state index < -0.39 is 15.4 Å². The fourth-order valence-corrected chi connectivity index (χ4v) is 3.12. The summed E-state index contributed by atoms with van der Waals surface area (Å²) in [5.74, 6) is 0.168. The van der Waals surface area contributed by atoms with Gasteiger partial charge in [-0.15, -0.1) is 0 Å². The van der Waals surface area contributed by atoms with Gasteiger partial charge in [-0.25, -0.2) is 8.42 Å². The summed E-state index contributed by atoms with van der Waals surface area (Å²) in [5, 5.41) is 13.6. The van der Waals surface area contributed by atoms with E-state index in [9.17, 15) is 13.5 Å². The van der Waals surface area contributed by atoms with Crippen LogP contribution in [0.4, 0.5) is 0 Å². The van der Waals surface area contributed by atoms with Gasteiger partial charge in [0.15, 0.2) is 0 Å². The fourth-order valence-electron chi connectivity index (χ4n) is 2.45. The molecule has 0 aromatic carbocycles. The third-order valence-electron chi connectivity index (χ3n) is 3.33. The third-order valence-corrected chi connectivity index (χ3v) is 4.36. The monoisotopic (exact) mass is 263 g/mol. The molecule has 0 spiro atoms. The molecule has 0 aromatic rings. The minimum Gasteiger partial charge on any atom is -0.390 e. The van der Waals surface area contributed by atoms with Crippen LogP contribution in [0, 0.1) is 0 Å². The molecule has 2 N–H and O–H groups in total. The molecule has 2 unspecified atom stereocenters. The Hall–Kier alpha value is -0.130. The largest absolute Gasteiger partial charge is 0.390 e. The number of nitrogens with one attached hydrogen (secondary N) is 1. The van der Waals surface area contributed by atoms with Crippen LogP contribution in [-0.4, -0.2) is 43.7 Å². The lowest BCUT2D eigenvalue weighted by atomic mass is 9.89. The standard InChI is InChI=1S/C12H25NO3S/c1-12(14,7-5-9-17(2,15)16)10-11-6-3-4-8-13-11/h11,13-14H,3-10H2,1-2H3. The first-order valence-corrected chi connectivity index (χ1v) is 8.48. The lowest BCUT2D eigenvalue weighted by Crippen LogP contribution is -2.41. The fraction of sp³-hybridized carbons (Fsp3) is 1.00. The van der Waals surface area contributed by atoms with Crippen LogP contribution in [0.3, 0.4) is 0 Å². The van der Waals surface area contributed by atoms with Crippen LogP contribution in [0.5, 0.6) is 0 Å². The second-order valence-corrected chi connectivity index (χ2v) is 7.84. The third kappa shape index (κ3) is 7.01. The van der Waals surface area contributed by atoms with Crippen molar-refractivity contribution in [2.24, 2.45) is 0 Å². The van der Waals surface area contributed by atoms with E-state index in [1.54, 1.807) is 0 Å². The van der Waals surface area contributed by atoms with Gasteiger partial charge in [0.2, 0.25) is 0 Å². The smallest absolute Gasteiger partial charge is 0.147 e. The maximum atomic E-state index is 11.0. The summed E-state index contributed by atoms with van der Waals surface area (Å²) >= 11 is 0. The van der Waals surface area contributed by atoms with E-state index in [1.165, 1.54) is 19.1 Å². The Morgan fingerprint density at radius 3 is 2.65 bits per heavy atom. The van der Waals surface area contributed by atoms with Crippen LogP contribution in [0.15, 0.2) is 0 Å². The topological polar surface area (TPSA) is 66.4 Å². The van der Waals surface area contributed by atoms with Crippen molar-refractivity contribution in [3.63, 3.8) is 0 Å². The molecule has 5 heteroatoms. The molecule has 0 saturated carbocycles. The molecule has 2 atom stereocenters. The number of aliphatic hydroxyl groups is 1. The normalized spacial score (nSPS) is 25.5. The van der Waals surface area contributed by atoms with Gasteiger partial charge in [-0.05, 0) is 45.6 Å². The van der Waals surface area contributed by atoms with Gasteiger partial charge in [0.1, 0.15) is 9.84 Å². The summed E-state index contributed by atoms with van der Waals surface area (Å²) in [6, 6.07) is 0.386. The molecule has 1 fully saturated rings. The van der Waals surface area contributed by atoms with E-state index in [4.69, 9.17) is 0 Å². The van der Waals surface area contributed by atoms with Crippen molar-refractivity contribution in [1.82, 2.24) is 5.32 Å². The van der Waals surface area contributed by atoms with Crippen LogP contribution in [0.1, 0.15) is 45.4 Å². The predicted octanol–water partition coefficient (Wildman–Crippen LogP) is 1.09. The van der Waals surface area contributed by atoms with E-state index in [1.807, 2.05) is 6.92 Å². The minimum atomic E-state index is -2.91. The second-order valence-electron chi connectivity index (χ2n) is 5.58. The van der Waals surface area contributed by atoms with Gasteiger partial charge in [-0.3, -0.25) is 0 Å². The number of hydrogen-bond acceptors (Lipinski definition) is 4. The van der Waals surface area contributed by atoms with Crippen molar-refractivity contribution in [1.29, 1.82) is 0 Å². The second kappa shape index (κ2) is 6.16. The quantitative estimate of drug-likeness (QED) is 0.753. The first-order valence-electron chi connectivity index (χ1n) is 6.42. The van der Waals surface area contributed by atoms with Gasteiger partial charge in [0.25, 0.3) is 0 Å². The van der Waals surface area contributed by atoms with Crippen LogP contribution in [0.2, 0.25) is 0 Å². The zero-order valence-corrected chi connectivity index (χ0v) is 11.7. The molecule has 0 amide bonds. The number of hydrogen-bond donors (Lipinski definition) is 2. The zero-order chi connectivity index (χ0) is 12.9. The average molecular weight is 263 g/mol. The minimum absolute atomic E-state index is 0.168. The van der Waals surface area contributed by atoms with Gasteiger partial charge < -0.3 is 10.4 Å². The summed E-state index contributed by atoms with van der Waals surface area (Å²) in [4.78, 5) is 0. The molecule has 0 bridgehead atoms. The Kier molecular flexibility index (Phi) is 5.41. The maximum absolute atomic E-state index is 11.0. The van der Waals surface area contributed by atoms with E-state index in [-0.39, 0.29) is 5.75 Å². The highest BCUT2D eigenvalue weighted by atomic mass is 32.2. The van der Waals surface area contributed by atoms with Crippen molar-refractivity contribution in [3.8, 4) is 0 Å². The summed E-state index contributed by atoms with van der Waals surface area (Å²) < 4.78 is 22.0. The van der Waals surface area contributed by atoms with Crippen molar-refractivity contribution < 1.29 is 13.5 Å². The summed E-state index contributed by atoms with van der Waals surface area (Å²) in [5.41, 5.74) is -0.750. The molecule has 1 rings (SSSR count). The highest BCUT2D eigenvalue weighted by Gasteiger charge is 2.26. The molecule has 1 heterocycles. The number of piperidine rings is 1. The predicted molar refractivity (Wildman–Crippen MR) is 69.8 cm³/mol. The maximum Gasteiger partial charge on any atom is 0.147 e. The first-order chi connectivity index (χ1) is 7.79. The Bertz CT molecular complexity index is 319. The highest BCUT2D eigenvalue weighted by Crippen LogP contribution is 2.22. The highest BCUT2D eigenvalue weighted by molar-refractivity contribution is 7.90. The summed E-state index contributed by atoms with van der Waals surface area (Å²) in [7, 11) is -2.91. The average Bonchev–Trinajstić information content (AvgIpc) is 2.15. The molecule has 4 nitrogen and oxygen atoms in total. The molecule has 1 aliphatic rings. The van der Waals surface area contributed by atoms with E-state index >= 15 is 0 Å². The molecular weight excluding hydrogens is 238 g/mol. The van der Waals surface area contributed by atoms with Crippen molar-refractivity contribution >= 4 is 9.84 Å². The molecule has 1 saturated heterocycles. The van der Waals surface area contributed by atoms with Crippen LogP contribution >= 0.6 is 0 Å². The molecule has 0 radical (unpaired) electrons. The SMILES string of the molecule is CC(O)(CCCS(C)(=O)=O)CC1CCCCN1. The summed E-state index contributed by atoms with van der Waals surface area (Å²) in [6.45, 7) is 2.84. The van der Waals surface area contributed by atoms with Crippen molar-refractivity contribution in [3.05, 3.63) is 0 Å². The van der Waals surface area contributed by atoms with Gasteiger partial charge in [0.05, 0.1) is 5.60 Å². The lowest BCUT2D eigenvalue weighted by molar-refractivity contribution is 0.0280. The van der Waals surface area contributed by atoms with Crippen molar-refractivity contribution in [2.75, 3.05) is 18.6 Å². The molecular formula is C12H25NO3S. The molecule has 1 aliphatic heterocycles. The van der Waals surface area contributed by atoms with Gasteiger partial charge in [-0.1, -0.05) is 6.42 Å². The molecule has 102 valence electrons. The van der Waals surface area contributed by atoms with E-state index in [0.29, 0.717) is 18.9 Å². The van der Waals surface area contributed by atoms with Gasteiger partial charge >= 0.3 is 0 Å². The Balaban J connectivity index is 2.29. The van der Waals surface area contributed by atoms with Crippen LogP contribution in [0.25, 0.3) is 0 Å².